The molecule has 0 fully saturated rings. The van der Waals surface area contributed by atoms with Crippen molar-refractivity contribution in [2.24, 2.45) is 0 Å². The number of thiazole rings is 1. The van der Waals surface area contributed by atoms with Gasteiger partial charge in [-0.25, -0.2) is 4.98 Å². The number of aliphatic carboxylic acids is 1. The maximum atomic E-state index is 10.8. The molecule has 20 heavy (non-hydrogen) atoms. The lowest BCUT2D eigenvalue weighted by Crippen LogP contribution is -2.22. The number of amides is 1. The molecule has 104 valence electrons. The van der Waals surface area contributed by atoms with Gasteiger partial charge in [-0.05, 0) is 18.1 Å². The number of nitrogens with zero attached hydrogens (tertiary/aromatic N) is 1. The number of benzene rings is 1. The van der Waals surface area contributed by atoms with Gasteiger partial charge in [0.2, 0.25) is 6.41 Å². The van der Waals surface area contributed by atoms with Crippen LogP contribution in [0.2, 0.25) is 0 Å². The smallest absolute Gasteiger partial charge is 0.305 e. The monoisotopic (exact) mass is 290 g/mol. The third-order valence-electron chi connectivity index (χ3n) is 2.97. The molecular formula is C14H14N2O3S. The molecule has 1 amide bonds. The van der Waals surface area contributed by atoms with E-state index in [0.717, 1.165) is 21.7 Å². The van der Waals surface area contributed by atoms with Gasteiger partial charge in [0, 0.05) is 0 Å². The molecule has 2 aromatic rings. The molecule has 1 atom stereocenters. The topological polar surface area (TPSA) is 79.3 Å². The Labute approximate surface area is 120 Å². The summed E-state index contributed by atoms with van der Waals surface area (Å²) in [6, 6.07) is 6.98. The number of carboxylic acid groups (broad SMARTS) is 1. The van der Waals surface area contributed by atoms with Gasteiger partial charge in [-0.1, -0.05) is 24.3 Å². The zero-order chi connectivity index (χ0) is 14.5. The molecule has 0 radical (unpaired) electrons. The van der Waals surface area contributed by atoms with Crippen molar-refractivity contribution in [2.75, 3.05) is 0 Å². The van der Waals surface area contributed by atoms with Gasteiger partial charge in [0.15, 0.2) is 0 Å². The van der Waals surface area contributed by atoms with Gasteiger partial charge in [0.05, 0.1) is 28.5 Å². The van der Waals surface area contributed by atoms with Crippen molar-refractivity contribution in [3.05, 3.63) is 41.0 Å². The maximum absolute atomic E-state index is 10.8. The Bertz CT molecular complexity index is 607. The van der Waals surface area contributed by atoms with Crippen LogP contribution in [0.5, 0.6) is 0 Å². The fraction of sp³-hybridized carbons (Fsp3) is 0.214. The zero-order valence-electron chi connectivity index (χ0n) is 10.9. The first-order valence-corrected chi connectivity index (χ1v) is 6.91. The highest BCUT2D eigenvalue weighted by atomic mass is 32.1. The van der Waals surface area contributed by atoms with E-state index in [4.69, 9.17) is 5.11 Å². The van der Waals surface area contributed by atoms with Crippen LogP contribution in [-0.2, 0) is 9.59 Å². The van der Waals surface area contributed by atoms with E-state index < -0.39 is 12.0 Å². The van der Waals surface area contributed by atoms with E-state index in [1.54, 1.807) is 16.8 Å². The quantitative estimate of drug-likeness (QED) is 0.801. The number of aryl methyl sites for hydroxylation is 1. The van der Waals surface area contributed by atoms with Crippen molar-refractivity contribution in [1.29, 1.82) is 0 Å². The van der Waals surface area contributed by atoms with Gasteiger partial charge >= 0.3 is 5.97 Å². The van der Waals surface area contributed by atoms with E-state index in [1.807, 2.05) is 31.2 Å². The molecule has 0 aliphatic carbocycles. The van der Waals surface area contributed by atoms with E-state index in [1.165, 1.54) is 0 Å². The number of hydrogen-bond donors (Lipinski definition) is 2. The highest BCUT2D eigenvalue weighted by Crippen LogP contribution is 2.28. The van der Waals surface area contributed by atoms with Gasteiger partial charge in [0.25, 0.3) is 0 Å². The molecule has 0 bridgehead atoms. The average Bonchev–Trinajstić information content (AvgIpc) is 2.84. The molecule has 0 aliphatic rings. The normalized spacial score (nSPS) is 11.8. The molecule has 0 spiro atoms. The Kier molecular flexibility index (Phi) is 4.47. The summed E-state index contributed by atoms with van der Waals surface area (Å²) < 4.78 is 0. The van der Waals surface area contributed by atoms with Gasteiger partial charge < -0.3 is 10.4 Å². The molecule has 1 aromatic carbocycles. The van der Waals surface area contributed by atoms with Crippen LogP contribution in [0.4, 0.5) is 0 Å². The zero-order valence-corrected chi connectivity index (χ0v) is 11.7. The van der Waals surface area contributed by atoms with Crippen molar-refractivity contribution < 1.29 is 14.7 Å². The Morgan fingerprint density at radius 1 is 1.45 bits per heavy atom. The molecule has 1 unspecified atom stereocenters. The van der Waals surface area contributed by atoms with Crippen LogP contribution in [-0.4, -0.2) is 22.5 Å². The number of nitrogens with one attached hydrogen (secondary N) is 1. The summed E-state index contributed by atoms with van der Waals surface area (Å²) in [4.78, 5) is 26.6. The highest BCUT2D eigenvalue weighted by Gasteiger charge is 2.15. The van der Waals surface area contributed by atoms with Crippen LogP contribution in [0, 0.1) is 6.92 Å². The fourth-order valence-corrected chi connectivity index (χ4v) is 2.79. The lowest BCUT2D eigenvalue weighted by molar-refractivity contribution is -0.137. The second kappa shape index (κ2) is 6.29. The molecule has 1 aromatic heterocycles. The summed E-state index contributed by atoms with van der Waals surface area (Å²) in [5.41, 5.74) is 4.56. The summed E-state index contributed by atoms with van der Waals surface area (Å²) in [6.45, 7) is 1.95. The third-order valence-corrected chi connectivity index (χ3v) is 3.95. The van der Waals surface area contributed by atoms with Crippen molar-refractivity contribution >= 4 is 23.7 Å². The van der Waals surface area contributed by atoms with E-state index in [2.05, 4.69) is 10.3 Å². The van der Waals surface area contributed by atoms with E-state index in [9.17, 15) is 9.59 Å². The first kappa shape index (κ1) is 14.2. The standard InChI is InChI=1S/C14H14N2O3S/c1-9-14(20-8-16-9)11-4-2-10(3-5-11)12(15-7-17)6-13(18)19/h2-5,7-8,12H,6H2,1H3,(H,15,17)(H,18,19). The largest absolute Gasteiger partial charge is 0.481 e. The Morgan fingerprint density at radius 2 is 2.15 bits per heavy atom. The van der Waals surface area contributed by atoms with Crippen molar-refractivity contribution in [3.8, 4) is 10.4 Å². The molecule has 2 N–H and O–H groups in total. The predicted octanol–water partition coefficient (Wildman–Crippen LogP) is 2.38. The second-order valence-corrected chi connectivity index (χ2v) is 5.18. The molecule has 0 saturated heterocycles. The molecule has 5 nitrogen and oxygen atoms in total. The lowest BCUT2D eigenvalue weighted by atomic mass is 10.0. The van der Waals surface area contributed by atoms with Gasteiger partial charge in [-0.3, -0.25) is 9.59 Å². The summed E-state index contributed by atoms with van der Waals surface area (Å²) in [6.07, 6.45) is 0.381. The summed E-state index contributed by atoms with van der Waals surface area (Å²) in [5.74, 6) is -0.952. The Morgan fingerprint density at radius 3 is 2.65 bits per heavy atom. The maximum Gasteiger partial charge on any atom is 0.305 e. The van der Waals surface area contributed by atoms with Crippen molar-refractivity contribution in [3.63, 3.8) is 0 Å². The number of carboxylic acids is 1. The summed E-state index contributed by atoms with van der Waals surface area (Å²) in [7, 11) is 0. The number of aromatic nitrogens is 1. The lowest BCUT2D eigenvalue weighted by Gasteiger charge is -2.14. The molecule has 6 heteroatoms. The highest BCUT2D eigenvalue weighted by molar-refractivity contribution is 7.13. The van der Waals surface area contributed by atoms with Gasteiger partial charge in [-0.15, -0.1) is 11.3 Å². The predicted molar refractivity (Wildman–Crippen MR) is 76.5 cm³/mol. The minimum atomic E-state index is -0.952. The SMILES string of the molecule is Cc1ncsc1-c1ccc(C(CC(=O)O)NC=O)cc1. The summed E-state index contributed by atoms with van der Waals surface area (Å²) in [5, 5.41) is 11.4. The van der Waals surface area contributed by atoms with Crippen LogP contribution < -0.4 is 5.32 Å². The first-order chi connectivity index (χ1) is 9.61. The molecule has 1 heterocycles. The second-order valence-electron chi connectivity index (χ2n) is 4.32. The minimum absolute atomic E-state index is 0.141. The van der Waals surface area contributed by atoms with Crippen molar-refractivity contribution in [2.45, 2.75) is 19.4 Å². The van der Waals surface area contributed by atoms with Crippen LogP contribution in [0.15, 0.2) is 29.8 Å². The van der Waals surface area contributed by atoms with Crippen LogP contribution in [0.1, 0.15) is 23.7 Å². The Balaban J connectivity index is 2.24. The number of hydrogen-bond acceptors (Lipinski definition) is 4. The van der Waals surface area contributed by atoms with Crippen molar-refractivity contribution in [1.82, 2.24) is 10.3 Å². The van der Waals surface area contributed by atoms with Crippen LogP contribution in [0.25, 0.3) is 10.4 Å². The van der Waals surface area contributed by atoms with Crippen LogP contribution >= 0.6 is 11.3 Å². The number of rotatable bonds is 6. The number of carbonyl (C=O) groups is 2. The molecular weight excluding hydrogens is 276 g/mol. The minimum Gasteiger partial charge on any atom is -0.481 e. The van der Waals surface area contributed by atoms with Gasteiger partial charge in [-0.2, -0.15) is 0 Å². The first-order valence-electron chi connectivity index (χ1n) is 6.03. The van der Waals surface area contributed by atoms with E-state index in [0.29, 0.717) is 6.41 Å². The Hall–Kier alpha value is -2.21. The van der Waals surface area contributed by atoms with E-state index >= 15 is 0 Å². The number of carbonyl (C=O) groups excluding carboxylic acids is 1. The third kappa shape index (κ3) is 3.21. The summed E-state index contributed by atoms with van der Waals surface area (Å²) >= 11 is 1.56. The van der Waals surface area contributed by atoms with Gasteiger partial charge in [0.1, 0.15) is 0 Å². The average molecular weight is 290 g/mol. The fourth-order valence-electron chi connectivity index (χ4n) is 1.98. The van der Waals surface area contributed by atoms with Crippen LogP contribution in [0.3, 0.4) is 0 Å². The molecule has 0 saturated carbocycles. The molecule has 2 rings (SSSR count). The molecule has 0 aliphatic heterocycles. The van der Waals surface area contributed by atoms with E-state index in [-0.39, 0.29) is 6.42 Å².